The summed E-state index contributed by atoms with van der Waals surface area (Å²) in [4.78, 5) is 31.1. The number of nitro groups is 1. The molecule has 0 aliphatic heterocycles. The van der Waals surface area contributed by atoms with Crippen LogP contribution in [0.4, 0.5) is 11.5 Å². The number of aromatic nitrogens is 2. The van der Waals surface area contributed by atoms with Crippen LogP contribution in [0.15, 0.2) is 17.5 Å². The zero-order valence-electron chi connectivity index (χ0n) is 11.3. The molecule has 2 rings (SSSR count). The Bertz CT molecular complexity index is 700. The third-order valence-electron chi connectivity index (χ3n) is 2.70. The third-order valence-corrected chi connectivity index (χ3v) is 3.52. The molecule has 2 aromatic heterocycles. The van der Waals surface area contributed by atoms with E-state index in [0.717, 1.165) is 22.8 Å². The molecule has 0 aliphatic carbocycles. The van der Waals surface area contributed by atoms with E-state index in [1.54, 1.807) is 7.05 Å². The maximum absolute atomic E-state index is 11.0. The average molecular weight is 308 g/mol. The van der Waals surface area contributed by atoms with Gasteiger partial charge >= 0.3 is 11.7 Å². The fraction of sp³-hybridized carbons (Fsp3) is 0.250. The van der Waals surface area contributed by atoms with Crippen LogP contribution in [0.1, 0.15) is 21.2 Å². The third kappa shape index (κ3) is 3.31. The number of hydrogen-bond acceptors (Lipinski definition) is 7. The molecule has 0 fully saturated rings. The molecule has 0 saturated carbocycles. The number of anilines is 1. The highest BCUT2D eigenvalue weighted by molar-refractivity contribution is 7.09. The van der Waals surface area contributed by atoms with Crippen molar-refractivity contribution in [3.8, 4) is 0 Å². The molecule has 0 amide bonds. The molecular weight excluding hydrogens is 296 g/mol. The van der Waals surface area contributed by atoms with Crippen LogP contribution in [0.3, 0.4) is 0 Å². The van der Waals surface area contributed by atoms with Gasteiger partial charge in [-0.2, -0.15) is 0 Å². The maximum Gasteiger partial charge on any atom is 0.354 e. The number of carboxylic acids is 1. The number of aryl methyl sites for hydroxylation is 1. The second-order valence-corrected chi connectivity index (χ2v) is 5.38. The van der Waals surface area contributed by atoms with Crippen LogP contribution in [0.25, 0.3) is 0 Å². The summed E-state index contributed by atoms with van der Waals surface area (Å²) in [6.07, 6.45) is 0. The summed E-state index contributed by atoms with van der Waals surface area (Å²) in [5, 5.41) is 22.7. The van der Waals surface area contributed by atoms with Crippen LogP contribution < -0.4 is 4.90 Å². The Morgan fingerprint density at radius 3 is 2.71 bits per heavy atom. The van der Waals surface area contributed by atoms with Crippen molar-refractivity contribution in [2.75, 3.05) is 11.9 Å². The summed E-state index contributed by atoms with van der Waals surface area (Å²) >= 11 is 1.47. The lowest BCUT2D eigenvalue weighted by Crippen LogP contribution is -2.20. The van der Waals surface area contributed by atoms with Crippen LogP contribution in [0, 0.1) is 17.0 Å². The van der Waals surface area contributed by atoms with E-state index in [4.69, 9.17) is 5.11 Å². The number of hydrogen-bond donors (Lipinski definition) is 1. The van der Waals surface area contributed by atoms with Crippen molar-refractivity contribution >= 4 is 28.8 Å². The lowest BCUT2D eigenvalue weighted by Gasteiger charge is -2.17. The Balaban J connectivity index is 2.37. The molecule has 0 unspecified atom stereocenters. The van der Waals surface area contributed by atoms with Crippen LogP contribution in [-0.4, -0.2) is 33.0 Å². The molecule has 0 saturated heterocycles. The molecule has 2 heterocycles. The molecule has 0 aromatic carbocycles. The first-order chi connectivity index (χ1) is 9.88. The van der Waals surface area contributed by atoms with Crippen molar-refractivity contribution in [3.05, 3.63) is 44.0 Å². The predicted molar refractivity (Wildman–Crippen MR) is 76.8 cm³/mol. The highest BCUT2D eigenvalue weighted by Crippen LogP contribution is 2.26. The summed E-state index contributed by atoms with van der Waals surface area (Å²) in [5.41, 5.74) is 0.267. The number of nitrogens with zero attached hydrogens (tertiary/aromatic N) is 4. The zero-order valence-corrected chi connectivity index (χ0v) is 12.1. The van der Waals surface area contributed by atoms with Gasteiger partial charge < -0.3 is 10.0 Å². The highest BCUT2D eigenvalue weighted by atomic mass is 32.1. The van der Waals surface area contributed by atoms with Crippen molar-refractivity contribution in [1.82, 2.24) is 9.97 Å². The zero-order chi connectivity index (χ0) is 15.6. The molecular formula is C12H12N4O4S. The Labute approximate surface area is 123 Å². The summed E-state index contributed by atoms with van der Waals surface area (Å²) in [6.45, 7) is 2.17. The standard InChI is InChI=1S/C12H12N4O4S/c1-7-13-8(6-21-7)5-15(2)11-10(16(19)20)4-3-9(14-11)12(17)18/h3-4,6H,5H2,1-2H3,(H,17,18). The first kappa shape index (κ1) is 14.9. The van der Waals surface area contributed by atoms with Gasteiger partial charge in [-0.05, 0) is 13.0 Å². The topological polar surface area (TPSA) is 109 Å². The fourth-order valence-electron chi connectivity index (χ4n) is 1.78. The molecule has 0 atom stereocenters. The molecule has 0 spiro atoms. The molecule has 110 valence electrons. The summed E-state index contributed by atoms with van der Waals surface area (Å²) in [5.74, 6) is -1.23. The lowest BCUT2D eigenvalue weighted by molar-refractivity contribution is -0.384. The minimum atomic E-state index is -1.23. The smallest absolute Gasteiger partial charge is 0.354 e. The van der Waals surface area contributed by atoms with Crippen LogP contribution in [-0.2, 0) is 6.54 Å². The average Bonchev–Trinajstić information content (AvgIpc) is 2.83. The van der Waals surface area contributed by atoms with E-state index in [9.17, 15) is 14.9 Å². The molecule has 1 N–H and O–H groups in total. The predicted octanol–water partition coefficient (Wildman–Crippen LogP) is 2.09. The van der Waals surface area contributed by atoms with E-state index in [0.29, 0.717) is 6.54 Å². The summed E-state index contributed by atoms with van der Waals surface area (Å²) in [6, 6.07) is 2.26. The number of carboxylic acid groups (broad SMARTS) is 1. The van der Waals surface area contributed by atoms with Crippen LogP contribution >= 0.6 is 11.3 Å². The monoisotopic (exact) mass is 308 g/mol. The number of rotatable bonds is 5. The van der Waals surface area contributed by atoms with Crippen LogP contribution in [0.2, 0.25) is 0 Å². The molecule has 0 radical (unpaired) electrons. The van der Waals surface area contributed by atoms with Crippen LogP contribution in [0.5, 0.6) is 0 Å². The van der Waals surface area contributed by atoms with E-state index in [1.807, 2.05) is 12.3 Å². The minimum Gasteiger partial charge on any atom is -0.477 e. The van der Waals surface area contributed by atoms with Crippen molar-refractivity contribution in [1.29, 1.82) is 0 Å². The summed E-state index contributed by atoms with van der Waals surface area (Å²) in [7, 11) is 1.61. The van der Waals surface area contributed by atoms with Crippen molar-refractivity contribution < 1.29 is 14.8 Å². The highest BCUT2D eigenvalue weighted by Gasteiger charge is 2.22. The van der Waals surface area contributed by atoms with Gasteiger partial charge in [-0.1, -0.05) is 0 Å². The van der Waals surface area contributed by atoms with Gasteiger partial charge in [0.1, 0.15) is 0 Å². The SMILES string of the molecule is Cc1nc(CN(C)c2nc(C(=O)O)ccc2[N+](=O)[O-])cs1. The molecule has 2 aromatic rings. The van der Waals surface area contributed by atoms with Gasteiger partial charge in [0.15, 0.2) is 5.69 Å². The molecule has 9 heteroatoms. The number of aromatic carboxylic acids is 1. The normalized spacial score (nSPS) is 10.4. The van der Waals surface area contributed by atoms with Gasteiger partial charge in [0.05, 0.1) is 22.2 Å². The molecule has 21 heavy (non-hydrogen) atoms. The Kier molecular flexibility index (Phi) is 4.13. The van der Waals surface area contributed by atoms with Crippen molar-refractivity contribution in [2.45, 2.75) is 13.5 Å². The molecule has 8 nitrogen and oxygen atoms in total. The summed E-state index contributed by atoms with van der Waals surface area (Å²) < 4.78 is 0. The second kappa shape index (κ2) is 5.83. The van der Waals surface area contributed by atoms with E-state index in [2.05, 4.69) is 9.97 Å². The minimum absolute atomic E-state index is 0.00514. The van der Waals surface area contributed by atoms with Gasteiger partial charge in [-0.15, -0.1) is 11.3 Å². The van der Waals surface area contributed by atoms with Crippen molar-refractivity contribution in [3.63, 3.8) is 0 Å². The Morgan fingerprint density at radius 1 is 1.48 bits per heavy atom. The number of pyridine rings is 1. The number of carbonyl (C=O) groups is 1. The van der Waals surface area contributed by atoms with Gasteiger partial charge in [0.2, 0.25) is 5.82 Å². The largest absolute Gasteiger partial charge is 0.477 e. The van der Waals surface area contributed by atoms with E-state index >= 15 is 0 Å². The van der Waals surface area contributed by atoms with Crippen molar-refractivity contribution in [2.24, 2.45) is 0 Å². The molecule has 0 aliphatic rings. The fourth-order valence-corrected chi connectivity index (χ4v) is 2.39. The van der Waals surface area contributed by atoms with Gasteiger partial charge in [0.25, 0.3) is 0 Å². The second-order valence-electron chi connectivity index (χ2n) is 4.32. The van der Waals surface area contributed by atoms with Gasteiger partial charge in [0, 0.05) is 18.5 Å². The Hall–Kier alpha value is -2.55. The first-order valence-electron chi connectivity index (χ1n) is 5.89. The van der Waals surface area contributed by atoms with E-state index < -0.39 is 10.9 Å². The van der Waals surface area contributed by atoms with Gasteiger partial charge in [-0.25, -0.2) is 14.8 Å². The van der Waals surface area contributed by atoms with Gasteiger partial charge in [-0.3, -0.25) is 10.1 Å². The van der Waals surface area contributed by atoms with E-state index in [1.165, 1.54) is 16.2 Å². The van der Waals surface area contributed by atoms with E-state index in [-0.39, 0.29) is 17.2 Å². The first-order valence-corrected chi connectivity index (χ1v) is 6.77. The molecule has 0 bridgehead atoms. The number of thiazole rings is 1. The maximum atomic E-state index is 11.0. The quantitative estimate of drug-likeness (QED) is 0.665. The Morgan fingerprint density at radius 2 is 2.19 bits per heavy atom. The lowest BCUT2D eigenvalue weighted by atomic mass is 10.3.